The molecule has 1 aliphatic carbocycles. The van der Waals surface area contributed by atoms with Crippen LogP contribution in [0.1, 0.15) is 43.2 Å². The number of carbonyl (C=O) groups excluding carboxylic acids is 1. The number of carbonyl (C=O) groups is 1. The van der Waals surface area contributed by atoms with Gasteiger partial charge in [0, 0.05) is 13.1 Å². The van der Waals surface area contributed by atoms with Crippen molar-refractivity contribution in [2.75, 3.05) is 14.2 Å². The van der Waals surface area contributed by atoms with Gasteiger partial charge in [-0.05, 0) is 65.2 Å². The van der Waals surface area contributed by atoms with E-state index in [2.05, 4.69) is 24.3 Å². The lowest BCUT2D eigenvalue weighted by Gasteiger charge is -2.30. The molecule has 3 aromatic rings. The molecule has 2 aliphatic rings. The van der Waals surface area contributed by atoms with Gasteiger partial charge >= 0.3 is 0 Å². The molecule has 0 bridgehead atoms. The molecule has 180 valence electrons. The third kappa shape index (κ3) is 4.63. The molecule has 1 saturated heterocycles. The number of amides is 1. The van der Waals surface area contributed by atoms with Gasteiger partial charge in [-0.2, -0.15) is 0 Å². The minimum atomic E-state index is -0.0142. The molecular formula is C29H30N2O3S. The quantitative estimate of drug-likeness (QED) is 0.308. The van der Waals surface area contributed by atoms with E-state index < -0.39 is 0 Å². The number of nitrogens with zero attached hydrogens (tertiary/aromatic N) is 2. The van der Waals surface area contributed by atoms with Crippen molar-refractivity contribution in [3.05, 3.63) is 77.5 Å². The monoisotopic (exact) mass is 486 g/mol. The zero-order valence-corrected chi connectivity index (χ0v) is 21.0. The minimum Gasteiger partial charge on any atom is -0.493 e. The highest BCUT2D eigenvalue weighted by atomic mass is 32.1. The van der Waals surface area contributed by atoms with E-state index in [4.69, 9.17) is 21.7 Å². The normalized spacial score (nSPS) is 18.1. The first-order valence-corrected chi connectivity index (χ1v) is 12.6. The maximum absolute atomic E-state index is 13.3. The number of hydrogen-bond acceptors (Lipinski definition) is 4. The second-order valence-corrected chi connectivity index (χ2v) is 9.54. The van der Waals surface area contributed by atoms with E-state index in [0.717, 1.165) is 36.8 Å². The van der Waals surface area contributed by atoms with Crippen molar-refractivity contribution < 1.29 is 14.3 Å². The van der Waals surface area contributed by atoms with Crippen LogP contribution in [0.25, 0.3) is 16.8 Å². The fourth-order valence-corrected chi connectivity index (χ4v) is 5.39. The summed E-state index contributed by atoms with van der Waals surface area (Å²) < 4.78 is 11.8. The lowest BCUT2D eigenvalue weighted by atomic mass is 9.94. The maximum atomic E-state index is 13.3. The Labute approximate surface area is 211 Å². The van der Waals surface area contributed by atoms with Gasteiger partial charge in [0.1, 0.15) is 12.3 Å². The number of likely N-dealkylation sites (N-methyl/N-ethyl adjacent to an activating group) is 1. The molecule has 0 aromatic heterocycles. The summed E-state index contributed by atoms with van der Waals surface area (Å²) in [4.78, 5) is 16.9. The Morgan fingerprint density at radius 1 is 1.00 bits per heavy atom. The van der Waals surface area contributed by atoms with Gasteiger partial charge < -0.3 is 14.4 Å². The van der Waals surface area contributed by atoms with E-state index in [9.17, 15) is 4.79 Å². The molecule has 0 unspecified atom stereocenters. The highest BCUT2D eigenvalue weighted by Gasteiger charge is 2.40. The molecule has 0 radical (unpaired) electrons. The largest absolute Gasteiger partial charge is 0.493 e. The molecule has 6 heteroatoms. The Morgan fingerprint density at radius 2 is 1.77 bits per heavy atom. The van der Waals surface area contributed by atoms with Crippen LogP contribution < -0.4 is 9.47 Å². The summed E-state index contributed by atoms with van der Waals surface area (Å²) in [6.45, 7) is 0.435. The number of ether oxygens (including phenoxy) is 2. The third-order valence-corrected chi connectivity index (χ3v) is 7.46. The van der Waals surface area contributed by atoms with Crippen LogP contribution in [0.5, 0.6) is 11.5 Å². The molecule has 2 fully saturated rings. The van der Waals surface area contributed by atoms with Gasteiger partial charge in [0.2, 0.25) is 0 Å². The first-order chi connectivity index (χ1) is 17.1. The summed E-state index contributed by atoms with van der Waals surface area (Å²) in [6.07, 6.45) is 7.45. The average Bonchev–Trinajstić information content (AvgIpc) is 3.11. The summed E-state index contributed by atoms with van der Waals surface area (Å²) in [5.41, 5.74) is 2.57. The van der Waals surface area contributed by atoms with Crippen LogP contribution in [0.15, 0.2) is 66.4 Å². The van der Waals surface area contributed by atoms with E-state index in [1.165, 1.54) is 17.2 Å². The van der Waals surface area contributed by atoms with Crippen molar-refractivity contribution in [1.82, 2.24) is 9.80 Å². The van der Waals surface area contributed by atoms with Gasteiger partial charge in [-0.25, -0.2) is 0 Å². The van der Waals surface area contributed by atoms with Gasteiger partial charge in [0.25, 0.3) is 5.91 Å². The van der Waals surface area contributed by atoms with Crippen LogP contribution in [-0.4, -0.2) is 41.0 Å². The maximum Gasteiger partial charge on any atom is 0.277 e. The molecule has 1 heterocycles. The first kappa shape index (κ1) is 23.4. The van der Waals surface area contributed by atoms with Crippen molar-refractivity contribution in [1.29, 1.82) is 0 Å². The Kier molecular flexibility index (Phi) is 6.73. The zero-order chi connectivity index (χ0) is 24.4. The highest BCUT2D eigenvalue weighted by molar-refractivity contribution is 7.80. The molecule has 0 spiro atoms. The standard InChI is InChI=1S/C29H30N2O3S/c1-30-25(28(32)31(29(30)35)23-12-4-3-5-13-23)17-20-15-16-26(27(18-20)33-2)34-19-22-11-8-10-21-9-6-7-14-24(21)22/h6-11,14-18,23H,3-5,12-13,19H2,1-2H3/b25-17-. The van der Waals surface area contributed by atoms with Crippen molar-refractivity contribution in [2.45, 2.75) is 44.8 Å². The number of benzene rings is 3. The minimum absolute atomic E-state index is 0.0142. The molecule has 0 atom stereocenters. The van der Waals surface area contributed by atoms with Gasteiger partial charge in [0.05, 0.1) is 7.11 Å². The summed E-state index contributed by atoms with van der Waals surface area (Å²) in [7, 11) is 3.50. The second-order valence-electron chi connectivity index (χ2n) is 9.18. The van der Waals surface area contributed by atoms with Crippen molar-refractivity contribution >= 4 is 40.1 Å². The molecule has 1 saturated carbocycles. The Morgan fingerprint density at radius 3 is 2.57 bits per heavy atom. The Hall–Kier alpha value is -3.38. The van der Waals surface area contributed by atoms with E-state index in [1.54, 1.807) is 7.11 Å². The third-order valence-electron chi connectivity index (χ3n) is 6.99. The fourth-order valence-electron chi connectivity index (χ4n) is 5.06. The predicted molar refractivity (Wildman–Crippen MR) is 143 cm³/mol. The van der Waals surface area contributed by atoms with E-state index >= 15 is 0 Å². The van der Waals surface area contributed by atoms with Crippen LogP contribution in [0.2, 0.25) is 0 Å². The summed E-state index contributed by atoms with van der Waals surface area (Å²) >= 11 is 5.64. The Bertz CT molecular complexity index is 1290. The van der Waals surface area contributed by atoms with Crippen LogP contribution in [0.3, 0.4) is 0 Å². The van der Waals surface area contributed by atoms with Gasteiger partial charge in [0.15, 0.2) is 16.6 Å². The fraction of sp³-hybridized carbons (Fsp3) is 0.310. The van der Waals surface area contributed by atoms with Crippen molar-refractivity contribution in [2.24, 2.45) is 0 Å². The number of fused-ring (bicyclic) bond motifs is 1. The number of hydrogen-bond donors (Lipinski definition) is 0. The van der Waals surface area contributed by atoms with Gasteiger partial charge in [-0.15, -0.1) is 0 Å². The van der Waals surface area contributed by atoms with Crippen LogP contribution in [0.4, 0.5) is 0 Å². The number of thiocarbonyl (C=S) groups is 1. The zero-order valence-electron chi connectivity index (χ0n) is 20.2. The van der Waals surface area contributed by atoms with E-state index in [1.807, 2.05) is 59.3 Å². The lowest BCUT2D eigenvalue weighted by Crippen LogP contribution is -2.41. The molecule has 5 rings (SSSR count). The van der Waals surface area contributed by atoms with Crippen LogP contribution in [-0.2, 0) is 11.4 Å². The van der Waals surface area contributed by atoms with Crippen LogP contribution in [0, 0.1) is 0 Å². The lowest BCUT2D eigenvalue weighted by molar-refractivity contribution is -0.124. The molecule has 1 amide bonds. The number of methoxy groups -OCH3 is 1. The molecule has 1 aliphatic heterocycles. The van der Waals surface area contributed by atoms with Gasteiger partial charge in [-0.1, -0.05) is 67.8 Å². The highest BCUT2D eigenvalue weighted by Crippen LogP contribution is 2.33. The van der Waals surface area contributed by atoms with Crippen molar-refractivity contribution in [3.63, 3.8) is 0 Å². The Balaban J connectivity index is 1.36. The van der Waals surface area contributed by atoms with Gasteiger partial charge in [-0.3, -0.25) is 9.69 Å². The number of rotatable bonds is 6. The molecule has 35 heavy (non-hydrogen) atoms. The molecule has 3 aromatic carbocycles. The molecule has 0 N–H and O–H groups in total. The smallest absolute Gasteiger partial charge is 0.277 e. The molecule has 5 nitrogen and oxygen atoms in total. The summed E-state index contributed by atoms with van der Waals surface area (Å²) in [5.74, 6) is 1.27. The summed E-state index contributed by atoms with van der Waals surface area (Å²) in [5, 5.41) is 2.96. The topological polar surface area (TPSA) is 42.0 Å². The average molecular weight is 487 g/mol. The second kappa shape index (κ2) is 10.1. The van der Waals surface area contributed by atoms with Crippen molar-refractivity contribution in [3.8, 4) is 11.5 Å². The van der Waals surface area contributed by atoms with Crippen LogP contribution >= 0.6 is 12.2 Å². The van der Waals surface area contributed by atoms with E-state index in [-0.39, 0.29) is 11.9 Å². The first-order valence-electron chi connectivity index (χ1n) is 12.2. The summed E-state index contributed by atoms with van der Waals surface area (Å²) in [6, 6.07) is 20.5. The molecular weight excluding hydrogens is 456 g/mol. The predicted octanol–water partition coefficient (Wildman–Crippen LogP) is 6.16. The van der Waals surface area contributed by atoms with E-state index in [0.29, 0.717) is 28.9 Å². The SMILES string of the molecule is COc1cc(/C=C2/C(=O)N(C3CCCCC3)C(=S)N2C)ccc1OCc1cccc2ccccc12.